The second kappa shape index (κ2) is 7.77. The van der Waals surface area contributed by atoms with Crippen molar-refractivity contribution in [2.24, 2.45) is 0 Å². The van der Waals surface area contributed by atoms with Crippen LogP contribution in [0.4, 0.5) is 0 Å². The third-order valence-corrected chi connectivity index (χ3v) is 4.47. The Morgan fingerprint density at radius 2 is 1.71 bits per heavy atom. The number of hydrogen-bond acceptors (Lipinski definition) is 8. The van der Waals surface area contributed by atoms with Gasteiger partial charge in [0, 0.05) is 15.6 Å². The number of tetrazole rings is 1. The van der Waals surface area contributed by atoms with Crippen molar-refractivity contribution < 1.29 is 14.0 Å². The van der Waals surface area contributed by atoms with Crippen LogP contribution in [0, 0.1) is 0 Å². The van der Waals surface area contributed by atoms with Crippen LogP contribution >= 0.6 is 15.9 Å². The fourth-order valence-electron chi connectivity index (χ4n) is 2.56. The summed E-state index contributed by atoms with van der Waals surface area (Å²) in [6, 6.07) is 13.1. The fourth-order valence-corrected chi connectivity index (χ4v) is 2.82. The quantitative estimate of drug-likeness (QED) is 0.448. The molecule has 28 heavy (non-hydrogen) atoms. The Balaban J connectivity index is 1.52. The molecule has 4 rings (SSSR count). The summed E-state index contributed by atoms with van der Waals surface area (Å²) in [6.07, 6.45) is 0. The number of methoxy groups -OCH3 is 2. The van der Waals surface area contributed by atoms with Crippen molar-refractivity contribution in [2.75, 3.05) is 14.2 Å². The highest BCUT2D eigenvalue weighted by Gasteiger charge is 2.14. The molecule has 10 heteroatoms. The van der Waals surface area contributed by atoms with Gasteiger partial charge in [-0.05, 0) is 47.7 Å². The van der Waals surface area contributed by atoms with Crippen molar-refractivity contribution in [1.82, 2.24) is 30.3 Å². The largest absolute Gasteiger partial charge is 0.493 e. The summed E-state index contributed by atoms with van der Waals surface area (Å²) in [7, 11) is 3.15. The maximum Gasteiger partial charge on any atom is 0.250 e. The van der Waals surface area contributed by atoms with E-state index in [0.717, 1.165) is 15.6 Å². The van der Waals surface area contributed by atoms with Gasteiger partial charge in [0.15, 0.2) is 11.5 Å². The Kier molecular flexibility index (Phi) is 5.02. The van der Waals surface area contributed by atoms with Crippen LogP contribution in [0.5, 0.6) is 11.5 Å². The molecule has 0 aliphatic rings. The van der Waals surface area contributed by atoms with Gasteiger partial charge in [-0.1, -0.05) is 21.1 Å². The molecule has 0 amide bonds. The minimum Gasteiger partial charge on any atom is -0.493 e. The first-order chi connectivity index (χ1) is 13.7. The van der Waals surface area contributed by atoms with Crippen molar-refractivity contribution in [3.63, 3.8) is 0 Å². The summed E-state index contributed by atoms with van der Waals surface area (Å²) in [5.41, 5.74) is 1.61. The molecule has 0 saturated heterocycles. The van der Waals surface area contributed by atoms with Crippen LogP contribution in [-0.4, -0.2) is 44.6 Å². The SMILES string of the molecule is COc1ccc(-c2noc(Cn3nnc(-c4ccc(Br)cc4)n3)n2)cc1OC. The molecule has 2 heterocycles. The summed E-state index contributed by atoms with van der Waals surface area (Å²) in [6.45, 7) is 0.212. The first-order valence-electron chi connectivity index (χ1n) is 8.25. The highest BCUT2D eigenvalue weighted by molar-refractivity contribution is 9.10. The van der Waals surface area contributed by atoms with Crippen molar-refractivity contribution in [2.45, 2.75) is 6.54 Å². The average Bonchev–Trinajstić information content (AvgIpc) is 3.38. The van der Waals surface area contributed by atoms with Gasteiger partial charge in [-0.2, -0.15) is 9.78 Å². The molecule has 0 bridgehead atoms. The van der Waals surface area contributed by atoms with Gasteiger partial charge in [0.05, 0.1) is 14.2 Å². The molecule has 9 nitrogen and oxygen atoms in total. The van der Waals surface area contributed by atoms with Gasteiger partial charge in [-0.25, -0.2) is 0 Å². The van der Waals surface area contributed by atoms with E-state index in [9.17, 15) is 0 Å². The number of aromatic nitrogens is 6. The van der Waals surface area contributed by atoms with Crippen LogP contribution in [0.25, 0.3) is 22.8 Å². The van der Waals surface area contributed by atoms with E-state index in [0.29, 0.717) is 29.0 Å². The Bertz CT molecular complexity index is 1090. The smallest absolute Gasteiger partial charge is 0.250 e. The van der Waals surface area contributed by atoms with Crippen LogP contribution in [-0.2, 0) is 6.54 Å². The van der Waals surface area contributed by atoms with E-state index >= 15 is 0 Å². The Hall–Kier alpha value is -3.27. The van der Waals surface area contributed by atoms with Crippen LogP contribution in [0.2, 0.25) is 0 Å². The van der Waals surface area contributed by atoms with Crippen molar-refractivity contribution in [1.29, 1.82) is 0 Å². The van der Waals surface area contributed by atoms with Gasteiger partial charge in [0.1, 0.15) is 6.54 Å². The third kappa shape index (κ3) is 3.72. The monoisotopic (exact) mass is 442 g/mol. The topological polar surface area (TPSA) is 101 Å². The number of nitrogens with zero attached hydrogens (tertiary/aromatic N) is 6. The normalized spacial score (nSPS) is 10.8. The van der Waals surface area contributed by atoms with Gasteiger partial charge in [0.2, 0.25) is 11.6 Å². The fraction of sp³-hybridized carbons (Fsp3) is 0.167. The van der Waals surface area contributed by atoms with E-state index in [1.165, 1.54) is 4.80 Å². The lowest BCUT2D eigenvalue weighted by molar-refractivity contribution is 0.354. The number of halogens is 1. The highest BCUT2D eigenvalue weighted by Crippen LogP contribution is 2.31. The summed E-state index contributed by atoms with van der Waals surface area (Å²) >= 11 is 3.40. The number of hydrogen-bond donors (Lipinski definition) is 0. The third-order valence-electron chi connectivity index (χ3n) is 3.94. The molecule has 0 aliphatic carbocycles. The van der Waals surface area contributed by atoms with E-state index in [-0.39, 0.29) is 6.54 Å². The molecule has 2 aromatic carbocycles. The Morgan fingerprint density at radius 3 is 2.46 bits per heavy atom. The molecule has 2 aromatic heterocycles. The van der Waals surface area contributed by atoms with E-state index in [1.54, 1.807) is 26.4 Å². The summed E-state index contributed by atoms with van der Waals surface area (Å²) in [5.74, 6) is 2.53. The van der Waals surface area contributed by atoms with Gasteiger partial charge >= 0.3 is 0 Å². The molecule has 142 valence electrons. The predicted octanol–water partition coefficient (Wildman–Crippen LogP) is 3.22. The summed E-state index contributed by atoms with van der Waals surface area (Å²) in [4.78, 5) is 5.80. The van der Waals surface area contributed by atoms with Crippen molar-refractivity contribution in [3.05, 3.63) is 52.8 Å². The summed E-state index contributed by atoms with van der Waals surface area (Å²) in [5, 5.41) is 16.5. The van der Waals surface area contributed by atoms with E-state index < -0.39 is 0 Å². The first kappa shape index (κ1) is 18.1. The molecule has 0 spiro atoms. The van der Waals surface area contributed by atoms with Gasteiger partial charge in [-0.3, -0.25) is 0 Å². The number of ether oxygens (including phenoxy) is 2. The molecular weight excluding hydrogens is 428 g/mol. The zero-order valence-electron chi connectivity index (χ0n) is 15.0. The lowest BCUT2D eigenvalue weighted by Crippen LogP contribution is -2.04. The van der Waals surface area contributed by atoms with Crippen molar-refractivity contribution in [3.8, 4) is 34.3 Å². The van der Waals surface area contributed by atoms with Gasteiger partial charge < -0.3 is 14.0 Å². The molecule has 0 saturated carbocycles. The highest BCUT2D eigenvalue weighted by atomic mass is 79.9. The second-order valence-electron chi connectivity index (χ2n) is 5.73. The van der Waals surface area contributed by atoms with Crippen LogP contribution in [0.15, 0.2) is 51.5 Å². The van der Waals surface area contributed by atoms with E-state index in [4.69, 9.17) is 14.0 Å². The Morgan fingerprint density at radius 1 is 0.964 bits per heavy atom. The van der Waals surface area contributed by atoms with E-state index in [2.05, 4.69) is 41.5 Å². The maximum absolute atomic E-state index is 5.32. The lowest BCUT2D eigenvalue weighted by atomic mass is 10.2. The molecule has 4 aromatic rings. The van der Waals surface area contributed by atoms with E-state index in [1.807, 2.05) is 30.3 Å². The molecule has 0 unspecified atom stereocenters. The number of rotatable bonds is 6. The predicted molar refractivity (Wildman–Crippen MR) is 103 cm³/mol. The molecule has 0 fully saturated rings. The molecule has 0 aliphatic heterocycles. The second-order valence-corrected chi connectivity index (χ2v) is 6.65. The lowest BCUT2D eigenvalue weighted by Gasteiger charge is -2.07. The minimum atomic E-state index is 0.212. The summed E-state index contributed by atoms with van der Waals surface area (Å²) < 4.78 is 16.8. The first-order valence-corrected chi connectivity index (χ1v) is 9.04. The average molecular weight is 443 g/mol. The maximum atomic E-state index is 5.32. The minimum absolute atomic E-state index is 0.212. The molecule has 0 radical (unpaired) electrons. The van der Waals surface area contributed by atoms with Gasteiger partial charge in [-0.15, -0.1) is 10.2 Å². The molecular formula is C18H15BrN6O3. The van der Waals surface area contributed by atoms with Crippen LogP contribution < -0.4 is 9.47 Å². The standard InChI is InChI=1S/C18H15BrN6O3/c1-26-14-8-5-12(9-15(14)27-2)17-20-16(28-23-17)10-25-22-18(21-24-25)11-3-6-13(19)7-4-11/h3-9H,10H2,1-2H3. The van der Waals surface area contributed by atoms with Crippen molar-refractivity contribution >= 4 is 15.9 Å². The zero-order chi connectivity index (χ0) is 19.5. The van der Waals surface area contributed by atoms with Gasteiger partial charge in [0.25, 0.3) is 5.89 Å². The number of benzene rings is 2. The molecule has 0 atom stereocenters. The molecule has 0 N–H and O–H groups in total. The van der Waals surface area contributed by atoms with Crippen LogP contribution in [0.3, 0.4) is 0 Å². The van der Waals surface area contributed by atoms with Crippen LogP contribution in [0.1, 0.15) is 5.89 Å². The zero-order valence-corrected chi connectivity index (χ0v) is 16.6. The Labute approximate surface area is 168 Å².